The third-order valence-electron chi connectivity index (χ3n) is 4.80. The second-order valence-corrected chi connectivity index (χ2v) is 6.83. The van der Waals surface area contributed by atoms with E-state index in [1.807, 2.05) is 12.1 Å². The van der Waals surface area contributed by atoms with Crippen molar-refractivity contribution in [2.75, 3.05) is 13.2 Å². The molecule has 2 aromatic rings. The molecule has 3 heteroatoms. The van der Waals surface area contributed by atoms with Crippen LogP contribution >= 0.6 is 0 Å². The van der Waals surface area contributed by atoms with Crippen LogP contribution in [0.5, 0.6) is 5.75 Å². The summed E-state index contributed by atoms with van der Waals surface area (Å²) in [6.07, 6.45) is 6.56. The Hall–Kier alpha value is -2.29. The Kier molecular flexibility index (Phi) is 6.10. The lowest BCUT2D eigenvalue weighted by Gasteiger charge is -2.19. The van der Waals surface area contributed by atoms with E-state index in [1.165, 1.54) is 35.1 Å². The molecule has 132 valence electrons. The fourth-order valence-electron chi connectivity index (χ4n) is 3.35. The number of hydrogen-bond donors (Lipinski definition) is 1. The first-order valence-corrected chi connectivity index (χ1v) is 9.28. The van der Waals surface area contributed by atoms with Crippen LogP contribution in [0.4, 0.5) is 0 Å². The number of fused-ring (bicyclic) bond motifs is 1. The smallest absolute Gasteiger partial charge is 0.257 e. The molecule has 1 aliphatic carbocycles. The molecule has 0 fully saturated rings. The van der Waals surface area contributed by atoms with Crippen molar-refractivity contribution < 1.29 is 9.53 Å². The van der Waals surface area contributed by atoms with E-state index in [9.17, 15) is 4.79 Å². The number of carbonyl (C=O) groups is 1. The second kappa shape index (κ2) is 8.70. The minimum atomic E-state index is -0.0441. The molecule has 0 radical (unpaired) electrons. The van der Waals surface area contributed by atoms with Gasteiger partial charge in [0.05, 0.1) is 0 Å². The Morgan fingerprint density at radius 3 is 2.72 bits per heavy atom. The SMILES string of the molecule is Cc1ccc(CCCNC(=O)COc2cccc3c2CCCC3)cc1. The van der Waals surface area contributed by atoms with E-state index in [1.54, 1.807) is 0 Å². The van der Waals surface area contributed by atoms with Crippen LogP contribution in [0.25, 0.3) is 0 Å². The van der Waals surface area contributed by atoms with Gasteiger partial charge in [0.25, 0.3) is 5.91 Å². The lowest BCUT2D eigenvalue weighted by Crippen LogP contribution is -2.30. The summed E-state index contributed by atoms with van der Waals surface area (Å²) in [6.45, 7) is 2.87. The number of aryl methyl sites for hydroxylation is 3. The molecule has 0 bridgehead atoms. The Balaban J connectivity index is 1.39. The molecule has 1 aliphatic rings. The quantitative estimate of drug-likeness (QED) is 0.776. The van der Waals surface area contributed by atoms with Crippen LogP contribution < -0.4 is 10.1 Å². The zero-order chi connectivity index (χ0) is 17.5. The number of amides is 1. The fraction of sp³-hybridized carbons (Fsp3) is 0.409. The standard InChI is InChI=1S/C22H27NO2/c1-17-11-13-18(14-12-17)6-5-15-23-22(24)16-25-21-10-4-8-19-7-2-3-9-20(19)21/h4,8,10-14H,2-3,5-7,9,15-16H2,1H3,(H,23,24). The van der Waals surface area contributed by atoms with Crippen molar-refractivity contribution in [3.63, 3.8) is 0 Å². The predicted molar refractivity (Wildman–Crippen MR) is 101 cm³/mol. The summed E-state index contributed by atoms with van der Waals surface area (Å²) < 4.78 is 5.78. The first-order valence-electron chi connectivity index (χ1n) is 9.28. The molecule has 25 heavy (non-hydrogen) atoms. The van der Waals surface area contributed by atoms with Crippen LogP contribution in [-0.4, -0.2) is 19.1 Å². The van der Waals surface area contributed by atoms with Crippen molar-refractivity contribution in [2.24, 2.45) is 0 Å². The van der Waals surface area contributed by atoms with E-state index in [0.29, 0.717) is 6.54 Å². The summed E-state index contributed by atoms with van der Waals surface area (Å²) in [5.74, 6) is 0.837. The molecule has 3 nitrogen and oxygen atoms in total. The van der Waals surface area contributed by atoms with Gasteiger partial charge in [0.2, 0.25) is 0 Å². The van der Waals surface area contributed by atoms with Gasteiger partial charge in [-0.1, -0.05) is 42.0 Å². The molecule has 0 spiro atoms. The molecule has 0 aromatic heterocycles. The molecule has 0 aliphatic heterocycles. The van der Waals surface area contributed by atoms with Gasteiger partial charge < -0.3 is 10.1 Å². The van der Waals surface area contributed by atoms with Gasteiger partial charge in [-0.25, -0.2) is 0 Å². The first kappa shape index (κ1) is 17.5. The monoisotopic (exact) mass is 337 g/mol. The third-order valence-corrected chi connectivity index (χ3v) is 4.80. The lowest BCUT2D eigenvalue weighted by molar-refractivity contribution is -0.123. The average Bonchev–Trinajstić information content (AvgIpc) is 2.65. The zero-order valence-electron chi connectivity index (χ0n) is 15.0. The van der Waals surface area contributed by atoms with E-state index in [2.05, 4.69) is 42.6 Å². The number of rotatable bonds is 7. The normalized spacial score (nSPS) is 13.2. The molecule has 1 N–H and O–H groups in total. The van der Waals surface area contributed by atoms with Crippen LogP contribution in [0.1, 0.15) is 41.5 Å². The minimum absolute atomic E-state index is 0.0441. The zero-order valence-corrected chi connectivity index (χ0v) is 15.0. The number of hydrogen-bond acceptors (Lipinski definition) is 2. The third kappa shape index (κ3) is 5.09. The Morgan fingerprint density at radius 2 is 1.88 bits per heavy atom. The summed E-state index contributed by atoms with van der Waals surface area (Å²) in [7, 11) is 0. The highest BCUT2D eigenvalue weighted by atomic mass is 16.5. The van der Waals surface area contributed by atoms with Crippen LogP contribution in [0.15, 0.2) is 42.5 Å². The van der Waals surface area contributed by atoms with E-state index >= 15 is 0 Å². The van der Waals surface area contributed by atoms with E-state index in [4.69, 9.17) is 4.74 Å². The topological polar surface area (TPSA) is 38.3 Å². The minimum Gasteiger partial charge on any atom is -0.483 e. The number of carbonyl (C=O) groups excluding carboxylic acids is 1. The fourth-order valence-corrected chi connectivity index (χ4v) is 3.35. The van der Waals surface area contributed by atoms with E-state index < -0.39 is 0 Å². The number of ether oxygens (including phenoxy) is 1. The van der Waals surface area contributed by atoms with Crippen molar-refractivity contribution in [2.45, 2.75) is 45.4 Å². The van der Waals surface area contributed by atoms with Crippen molar-refractivity contribution >= 4 is 5.91 Å². The van der Waals surface area contributed by atoms with Crippen molar-refractivity contribution in [1.29, 1.82) is 0 Å². The van der Waals surface area contributed by atoms with Gasteiger partial charge in [0, 0.05) is 6.54 Å². The Bertz CT molecular complexity index is 706. The highest BCUT2D eigenvalue weighted by Crippen LogP contribution is 2.29. The lowest BCUT2D eigenvalue weighted by atomic mass is 9.91. The second-order valence-electron chi connectivity index (χ2n) is 6.83. The maximum Gasteiger partial charge on any atom is 0.257 e. The number of benzene rings is 2. The molecule has 2 aromatic carbocycles. The largest absolute Gasteiger partial charge is 0.483 e. The summed E-state index contributed by atoms with van der Waals surface area (Å²) in [6, 6.07) is 14.7. The van der Waals surface area contributed by atoms with Gasteiger partial charge in [-0.05, 0) is 68.2 Å². The van der Waals surface area contributed by atoms with Crippen LogP contribution in [0, 0.1) is 6.92 Å². The number of nitrogens with one attached hydrogen (secondary N) is 1. The van der Waals surface area contributed by atoms with Gasteiger partial charge in [-0.15, -0.1) is 0 Å². The maximum absolute atomic E-state index is 12.0. The summed E-state index contributed by atoms with van der Waals surface area (Å²) in [5.41, 5.74) is 5.26. The van der Waals surface area contributed by atoms with Gasteiger partial charge in [-0.2, -0.15) is 0 Å². The molecule has 0 saturated heterocycles. The van der Waals surface area contributed by atoms with Gasteiger partial charge >= 0.3 is 0 Å². The van der Waals surface area contributed by atoms with Crippen LogP contribution in [-0.2, 0) is 24.1 Å². The van der Waals surface area contributed by atoms with Crippen molar-refractivity contribution in [3.05, 3.63) is 64.7 Å². The van der Waals surface area contributed by atoms with Crippen LogP contribution in [0.3, 0.4) is 0 Å². The Labute approximate surface area is 150 Å². The molecule has 0 unspecified atom stereocenters. The molecule has 0 atom stereocenters. The van der Waals surface area contributed by atoms with Crippen molar-refractivity contribution in [3.8, 4) is 5.75 Å². The van der Waals surface area contributed by atoms with E-state index in [0.717, 1.165) is 31.4 Å². The van der Waals surface area contributed by atoms with Gasteiger partial charge in [0.15, 0.2) is 6.61 Å². The molecular formula is C22H27NO2. The summed E-state index contributed by atoms with van der Waals surface area (Å²) >= 11 is 0. The summed E-state index contributed by atoms with van der Waals surface area (Å²) in [4.78, 5) is 12.0. The van der Waals surface area contributed by atoms with E-state index in [-0.39, 0.29) is 12.5 Å². The molecular weight excluding hydrogens is 310 g/mol. The van der Waals surface area contributed by atoms with Crippen LogP contribution in [0.2, 0.25) is 0 Å². The average molecular weight is 337 g/mol. The molecule has 0 saturated carbocycles. The molecule has 0 heterocycles. The Morgan fingerprint density at radius 1 is 1.08 bits per heavy atom. The van der Waals surface area contributed by atoms with Gasteiger partial charge in [-0.3, -0.25) is 4.79 Å². The highest BCUT2D eigenvalue weighted by molar-refractivity contribution is 5.77. The summed E-state index contributed by atoms with van der Waals surface area (Å²) in [5, 5.41) is 2.95. The molecule has 1 amide bonds. The predicted octanol–water partition coefficient (Wildman–Crippen LogP) is 4.00. The highest BCUT2D eigenvalue weighted by Gasteiger charge is 2.14. The van der Waals surface area contributed by atoms with Gasteiger partial charge in [0.1, 0.15) is 5.75 Å². The van der Waals surface area contributed by atoms with Crippen molar-refractivity contribution in [1.82, 2.24) is 5.32 Å². The maximum atomic E-state index is 12.0. The first-order chi connectivity index (χ1) is 12.2. The molecule has 3 rings (SSSR count).